The summed E-state index contributed by atoms with van der Waals surface area (Å²) in [6.45, 7) is 5.65. The first-order valence-corrected chi connectivity index (χ1v) is 14.2. The Hall–Kier alpha value is -1.95. The first kappa shape index (κ1) is 27.1. The fourth-order valence-electron chi connectivity index (χ4n) is 6.48. The molecule has 1 aliphatic carbocycles. The number of hydrogen-bond donors (Lipinski definition) is 2. The van der Waals surface area contributed by atoms with Gasteiger partial charge in [0, 0.05) is 42.7 Å². The van der Waals surface area contributed by atoms with Crippen molar-refractivity contribution in [2.75, 3.05) is 20.1 Å². The van der Waals surface area contributed by atoms with E-state index in [0.29, 0.717) is 24.2 Å². The number of aryl methyl sites for hydroxylation is 1. The van der Waals surface area contributed by atoms with E-state index in [4.69, 9.17) is 11.6 Å². The molecule has 0 spiro atoms. The van der Waals surface area contributed by atoms with Crippen LogP contribution in [0.3, 0.4) is 0 Å². The number of rotatable bonds is 9. The van der Waals surface area contributed by atoms with E-state index in [1.807, 2.05) is 18.0 Å². The third kappa shape index (κ3) is 5.64. The molecular formula is C30H42ClN3O2. The van der Waals surface area contributed by atoms with Crippen LogP contribution in [0.1, 0.15) is 76.3 Å². The smallest absolute Gasteiger partial charge is 0.225 e. The number of likely N-dealkylation sites (tertiary alicyclic amines) is 1. The van der Waals surface area contributed by atoms with E-state index in [1.165, 1.54) is 5.56 Å². The molecule has 4 atom stereocenters. The molecule has 4 unspecified atom stereocenters. The van der Waals surface area contributed by atoms with Crippen molar-refractivity contribution in [3.63, 3.8) is 0 Å². The number of pyridine rings is 1. The van der Waals surface area contributed by atoms with Crippen LogP contribution in [0.25, 0.3) is 11.1 Å². The molecule has 2 heterocycles. The van der Waals surface area contributed by atoms with Gasteiger partial charge in [-0.1, -0.05) is 62.6 Å². The average molecular weight is 512 g/mol. The Balaban J connectivity index is 1.67. The molecule has 6 heteroatoms. The zero-order chi connectivity index (χ0) is 25.7. The maximum atomic E-state index is 13.5. The SMILES string of the molecule is CCCc1cccc(-c2c(C(O)(CCC)C3CCCN(C(=O)C4CCC(NC)C4)C3)ccnc2Cl)c1. The molecule has 2 aromatic rings. The van der Waals surface area contributed by atoms with Crippen LogP contribution in [0.15, 0.2) is 36.5 Å². The summed E-state index contributed by atoms with van der Waals surface area (Å²) >= 11 is 6.74. The second-order valence-corrected chi connectivity index (χ2v) is 11.1. The van der Waals surface area contributed by atoms with Crippen molar-refractivity contribution in [1.29, 1.82) is 0 Å². The van der Waals surface area contributed by atoms with Gasteiger partial charge < -0.3 is 15.3 Å². The lowest BCUT2D eigenvalue weighted by molar-refractivity contribution is -0.140. The van der Waals surface area contributed by atoms with Crippen LogP contribution in [0.4, 0.5) is 0 Å². The van der Waals surface area contributed by atoms with E-state index in [1.54, 1.807) is 6.20 Å². The molecule has 36 heavy (non-hydrogen) atoms. The Bertz CT molecular complexity index is 1040. The summed E-state index contributed by atoms with van der Waals surface area (Å²) in [7, 11) is 1.98. The first-order valence-electron chi connectivity index (χ1n) is 13.8. The molecule has 2 aliphatic rings. The lowest BCUT2D eigenvalue weighted by atomic mass is 9.72. The van der Waals surface area contributed by atoms with Gasteiger partial charge in [-0.05, 0) is 74.8 Å². The first-order chi connectivity index (χ1) is 17.4. The summed E-state index contributed by atoms with van der Waals surface area (Å²) in [5.41, 5.74) is 2.83. The molecule has 1 aliphatic heterocycles. The number of nitrogens with one attached hydrogen (secondary N) is 1. The summed E-state index contributed by atoms with van der Waals surface area (Å²) in [5.74, 6) is 0.303. The second kappa shape index (κ2) is 12.1. The molecule has 2 N–H and O–H groups in total. The average Bonchev–Trinajstić information content (AvgIpc) is 3.38. The Morgan fingerprint density at radius 1 is 1.22 bits per heavy atom. The van der Waals surface area contributed by atoms with Gasteiger partial charge in [-0.15, -0.1) is 0 Å². The maximum absolute atomic E-state index is 13.5. The van der Waals surface area contributed by atoms with E-state index in [-0.39, 0.29) is 17.7 Å². The minimum Gasteiger partial charge on any atom is -0.385 e. The number of amides is 1. The zero-order valence-corrected chi connectivity index (χ0v) is 22.9. The number of hydrogen-bond acceptors (Lipinski definition) is 4. The van der Waals surface area contributed by atoms with E-state index in [0.717, 1.165) is 74.6 Å². The number of carbonyl (C=O) groups is 1. The van der Waals surface area contributed by atoms with Crippen molar-refractivity contribution < 1.29 is 9.90 Å². The topological polar surface area (TPSA) is 65.5 Å². The van der Waals surface area contributed by atoms with Crippen molar-refractivity contribution >= 4 is 17.5 Å². The van der Waals surface area contributed by atoms with Crippen molar-refractivity contribution in [2.24, 2.45) is 11.8 Å². The van der Waals surface area contributed by atoms with E-state index >= 15 is 0 Å². The molecule has 196 valence electrons. The largest absolute Gasteiger partial charge is 0.385 e. The van der Waals surface area contributed by atoms with Crippen molar-refractivity contribution in [1.82, 2.24) is 15.2 Å². The van der Waals surface area contributed by atoms with Crippen LogP contribution >= 0.6 is 11.6 Å². The van der Waals surface area contributed by atoms with Crippen molar-refractivity contribution in [3.8, 4) is 11.1 Å². The normalized spacial score (nSPS) is 24.0. The standard InChI is InChI=1S/C30H42ClN3O2/c1-4-8-21-9-6-10-22(18-21)27-26(14-16-33-28(27)31)30(36,15-5-2)24-11-7-17-34(20-24)29(35)23-12-13-25(19-23)32-3/h6,9-10,14,16,18,23-25,32,36H,4-5,7-8,11-13,15,17,19-20H2,1-3H3. The fourth-order valence-corrected chi connectivity index (χ4v) is 6.74. The number of benzene rings is 1. The third-order valence-electron chi connectivity index (χ3n) is 8.36. The molecule has 4 rings (SSSR count). The van der Waals surface area contributed by atoms with E-state index in [9.17, 15) is 9.90 Å². The Morgan fingerprint density at radius 2 is 2.06 bits per heavy atom. The van der Waals surface area contributed by atoms with E-state index < -0.39 is 5.60 Å². The Labute approximate surface area is 221 Å². The lowest BCUT2D eigenvalue weighted by Gasteiger charge is -2.44. The molecule has 5 nitrogen and oxygen atoms in total. The minimum absolute atomic E-state index is 0.0484. The highest BCUT2D eigenvalue weighted by molar-refractivity contribution is 6.32. The number of halogens is 1. The van der Waals surface area contributed by atoms with Crippen molar-refractivity contribution in [2.45, 2.75) is 83.3 Å². The van der Waals surface area contributed by atoms with Gasteiger partial charge in [0.25, 0.3) is 0 Å². The van der Waals surface area contributed by atoms with Gasteiger partial charge in [0.05, 0.1) is 5.60 Å². The van der Waals surface area contributed by atoms with Gasteiger partial charge in [-0.2, -0.15) is 0 Å². The molecule has 2 fully saturated rings. The monoisotopic (exact) mass is 511 g/mol. The van der Waals surface area contributed by atoms with Gasteiger partial charge in [0.2, 0.25) is 5.91 Å². The number of carbonyl (C=O) groups excluding carboxylic acids is 1. The Morgan fingerprint density at radius 3 is 2.78 bits per heavy atom. The Kier molecular flexibility index (Phi) is 9.08. The predicted molar refractivity (Wildman–Crippen MR) is 147 cm³/mol. The molecular weight excluding hydrogens is 470 g/mol. The summed E-state index contributed by atoms with van der Waals surface area (Å²) in [4.78, 5) is 19.9. The number of nitrogens with zero attached hydrogens (tertiary/aromatic N) is 2. The van der Waals surface area contributed by atoms with Gasteiger partial charge in [0.1, 0.15) is 5.15 Å². The van der Waals surface area contributed by atoms with Crippen LogP contribution < -0.4 is 5.32 Å². The molecule has 0 bridgehead atoms. The van der Waals surface area contributed by atoms with Gasteiger partial charge in [-0.25, -0.2) is 4.98 Å². The molecule has 0 radical (unpaired) electrons. The summed E-state index contributed by atoms with van der Waals surface area (Å²) in [5, 5.41) is 16.2. The molecule has 1 aromatic heterocycles. The minimum atomic E-state index is -1.08. The zero-order valence-electron chi connectivity index (χ0n) is 22.1. The number of aromatic nitrogens is 1. The van der Waals surface area contributed by atoms with Crippen LogP contribution in [-0.2, 0) is 16.8 Å². The highest BCUT2D eigenvalue weighted by atomic mass is 35.5. The molecule has 1 saturated heterocycles. The third-order valence-corrected chi connectivity index (χ3v) is 8.64. The summed E-state index contributed by atoms with van der Waals surface area (Å²) < 4.78 is 0. The quantitative estimate of drug-likeness (QED) is 0.407. The maximum Gasteiger partial charge on any atom is 0.225 e. The van der Waals surface area contributed by atoms with Crippen molar-refractivity contribution in [3.05, 3.63) is 52.8 Å². The van der Waals surface area contributed by atoms with Gasteiger partial charge >= 0.3 is 0 Å². The number of aliphatic hydroxyl groups is 1. The number of piperidine rings is 1. The van der Waals surface area contributed by atoms with Crippen LogP contribution in [0.2, 0.25) is 5.15 Å². The van der Waals surface area contributed by atoms with Crippen LogP contribution in [-0.4, -0.2) is 47.1 Å². The van der Waals surface area contributed by atoms with Gasteiger partial charge in [-0.3, -0.25) is 4.79 Å². The molecule has 1 aromatic carbocycles. The highest BCUT2D eigenvalue weighted by Crippen LogP contribution is 2.45. The molecule has 1 amide bonds. The molecule has 1 saturated carbocycles. The van der Waals surface area contributed by atoms with Crippen LogP contribution in [0.5, 0.6) is 0 Å². The fraction of sp³-hybridized carbons (Fsp3) is 0.600. The summed E-state index contributed by atoms with van der Waals surface area (Å²) in [6.07, 6.45) is 9.94. The predicted octanol–water partition coefficient (Wildman–Crippen LogP) is 5.97. The second-order valence-electron chi connectivity index (χ2n) is 10.8. The van der Waals surface area contributed by atoms with Crippen LogP contribution in [0, 0.1) is 11.8 Å². The van der Waals surface area contributed by atoms with E-state index in [2.05, 4.69) is 48.4 Å². The van der Waals surface area contributed by atoms with Gasteiger partial charge in [0.15, 0.2) is 0 Å². The lowest BCUT2D eigenvalue weighted by Crippen LogP contribution is -2.49. The summed E-state index contributed by atoms with van der Waals surface area (Å²) in [6, 6.07) is 10.8. The highest BCUT2D eigenvalue weighted by Gasteiger charge is 2.44.